The highest BCUT2D eigenvalue weighted by Gasteiger charge is 2.11. The second kappa shape index (κ2) is 7.85. The van der Waals surface area contributed by atoms with Gasteiger partial charge in [0.25, 0.3) is 0 Å². The predicted octanol–water partition coefficient (Wildman–Crippen LogP) is 2.26. The molecule has 0 bridgehead atoms. The predicted molar refractivity (Wildman–Crippen MR) is 77.2 cm³/mol. The highest BCUT2D eigenvalue weighted by molar-refractivity contribution is 5.78. The highest BCUT2D eigenvalue weighted by atomic mass is 19.1. The zero-order valence-electron chi connectivity index (χ0n) is 12.5. The van der Waals surface area contributed by atoms with Crippen molar-refractivity contribution >= 4 is 5.91 Å². The SMILES string of the molecule is COc1cc(C(C)NCC(=O)NCC(C)C)ccc1F. The molecule has 1 atom stereocenters. The molecule has 1 unspecified atom stereocenters. The molecular formula is C15H23FN2O2. The lowest BCUT2D eigenvalue weighted by molar-refractivity contribution is -0.120. The van der Waals surface area contributed by atoms with Crippen LogP contribution in [0.4, 0.5) is 4.39 Å². The Morgan fingerprint density at radius 3 is 2.65 bits per heavy atom. The minimum atomic E-state index is -0.391. The van der Waals surface area contributed by atoms with Gasteiger partial charge in [0.15, 0.2) is 11.6 Å². The van der Waals surface area contributed by atoms with Crippen LogP contribution in [-0.2, 0) is 4.79 Å². The van der Waals surface area contributed by atoms with Crippen molar-refractivity contribution in [3.05, 3.63) is 29.6 Å². The zero-order valence-corrected chi connectivity index (χ0v) is 12.5. The molecule has 20 heavy (non-hydrogen) atoms. The van der Waals surface area contributed by atoms with E-state index in [0.717, 1.165) is 5.56 Å². The maximum absolute atomic E-state index is 13.3. The van der Waals surface area contributed by atoms with Gasteiger partial charge in [0.2, 0.25) is 5.91 Å². The maximum Gasteiger partial charge on any atom is 0.233 e. The van der Waals surface area contributed by atoms with E-state index in [2.05, 4.69) is 10.6 Å². The third kappa shape index (κ3) is 5.17. The number of ether oxygens (including phenoxy) is 1. The Bertz CT molecular complexity index is 449. The summed E-state index contributed by atoms with van der Waals surface area (Å²) < 4.78 is 18.3. The van der Waals surface area contributed by atoms with Crippen molar-refractivity contribution in [2.24, 2.45) is 5.92 Å². The van der Waals surface area contributed by atoms with Crippen molar-refractivity contribution in [3.8, 4) is 5.75 Å². The van der Waals surface area contributed by atoms with Gasteiger partial charge in [0, 0.05) is 12.6 Å². The molecule has 0 radical (unpaired) electrons. The summed E-state index contributed by atoms with van der Waals surface area (Å²) >= 11 is 0. The van der Waals surface area contributed by atoms with Gasteiger partial charge in [-0.25, -0.2) is 4.39 Å². The molecule has 4 nitrogen and oxygen atoms in total. The van der Waals surface area contributed by atoms with Crippen LogP contribution in [0.3, 0.4) is 0 Å². The Hall–Kier alpha value is -1.62. The van der Waals surface area contributed by atoms with Gasteiger partial charge in [-0.05, 0) is 30.5 Å². The first kappa shape index (κ1) is 16.4. The Morgan fingerprint density at radius 1 is 1.35 bits per heavy atom. The van der Waals surface area contributed by atoms with Crippen LogP contribution < -0.4 is 15.4 Å². The summed E-state index contributed by atoms with van der Waals surface area (Å²) in [5, 5.41) is 5.94. The summed E-state index contributed by atoms with van der Waals surface area (Å²) in [6.45, 7) is 6.90. The molecule has 0 aliphatic heterocycles. The molecule has 0 aromatic heterocycles. The number of carbonyl (C=O) groups is 1. The van der Waals surface area contributed by atoms with E-state index in [9.17, 15) is 9.18 Å². The normalized spacial score (nSPS) is 12.3. The fourth-order valence-corrected chi connectivity index (χ4v) is 1.69. The molecule has 2 N–H and O–H groups in total. The van der Waals surface area contributed by atoms with Gasteiger partial charge in [-0.1, -0.05) is 19.9 Å². The standard InChI is InChI=1S/C15H23FN2O2/c1-10(2)8-18-15(19)9-17-11(3)12-5-6-13(16)14(7-12)20-4/h5-7,10-11,17H,8-9H2,1-4H3,(H,18,19). The Morgan fingerprint density at radius 2 is 2.05 bits per heavy atom. The fraction of sp³-hybridized carbons (Fsp3) is 0.533. The van der Waals surface area contributed by atoms with E-state index in [-0.39, 0.29) is 24.2 Å². The van der Waals surface area contributed by atoms with Crippen LogP contribution >= 0.6 is 0 Å². The number of nitrogens with one attached hydrogen (secondary N) is 2. The summed E-state index contributed by atoms with van der Waals surface area (Å²) in [4.78, 5) is 11.6. The molecule has 5 heteroatoms. The number of hydrogen-bond donors (Lipinski definition) is 2. The van der Waals surface area contributed by atoms with Crippen LogP contribution in [-0.4, -0.2) is 26.1 Å². The molecule has 0 saturated heterocycles. The van der Waals surface area contributed by atoms with Crippen LogP contribution in [0.1, 0.15) is 32.4 Å². The molecule has 1 aromatic carbocycles. The van der Waals surface area contributed by atoms with E-state index < -0.39 is 5.82 Å². The van der Waals surface area contributed by atoms with Crippen molar-refractivity contribution in [2.75, 3.05) is 20.2 Å². The van der Waals surface area contributed by atoms with E-state index in [1.807, 2.05) is 20.8 Å². The van der Waals surface area contributed by atoms with Crippen molar-refractivity contribution in [3.63, 3.8) is 0 Å². The molecule has 0 spiro atoms. The molecular weight excluding hydrogens is 259 g/mol. The summed E-state index contributed by atoms with van der Waals surface area (Å²) in [7, 11) is 1.43. The van der Waals surface area contributed by atoms with E-state index in [1.54, 1.807) is 12.1 Å². The number of benzene rings is 1. The molecule has 0 aliphatic rings. The number of methoxy groups -OCH3 is 1. The van der Waals surface area contributed by atoms with Gasteiger partial charge in [-0.15, -0.1) is 0 Å². The fourth-order valence-electron chi connectivity index (χ4n) is 1.69. The molecule has 0 heterocycles. The topological polar surface area (TPSA) is 50.4 Å². The van der Waals surface area contributed by atoms with Gasteiger partial charge < -0.3 is 15.4 Å². The van der Waals surface area contributed by atoms with Crippen LogP contribution in [0.25, 0.3) is 0 Å². The van der Waals surface area contributed by atoms with Crippen molar-refractivity contribution in [2.45, 2.75) is 26.8 Å². The number of rotatable bonds is 7. The van der Waals surface area contributed by atoms with Crippen LogP contribution in [0.5, 0.6) is 5.75 Å². The molecule has 0 aliphatic carbocycles. The number of amides is 1. The summed E-state index contributed by atoms with van der Waals surface area (Å²) in [6, 6.07) is 4.63. The van der Waals surface area contributed by atoms with E-state index in [0.29, 0.717) is 12.5 Å². The van der Waals surface area contributed by atoms with Crippen molar-refractivity contribution < 1.29 is 13.9 Å². The molecule has 1 amide bonds. The van der Waals surface area contributed by atoms with Gasteiger partial charge in [-0.2, -0.15) is 0 Å². The lowest BCUT2D eigenvalue weighted by Crippen LogP contribution is -2.36. The number of hydrogen-bond acceptors (Lipinski definition) is 3. The minimum absolute atomic E-state index is 0.0420. The van der Waals surface area contributed by atoms with Gasteiger partial charge in [-0.3, -0.25) is 4.79 Å². The first-order valence-corrected chi connectivity index (χ1v) is 6.77. The van der Waals surface area contributed by atoms with Crippen LogP contribution in [0, 0.1) is 11.7 Å². The van der Waals surface area contributed by atoms with Crippen LogP contribution in [0.2, 0.25) is 0 Å². The summed E-state index contributed by atoms with van der Waals surface area (Å²) in [5.74, 6) is 0.205. The monoisotopic (exact) mass is 282 g/mol. The average molecular weight is 282 g/mol. The molecule has 1 aromatic rings. The van der Waals surface area contributed by atoms with Gasteiger partial charge >= 0.3 is 0 Å². The third-order valence-corrected chi connectivity index (χ3v) is 2.95. The smallest absolute Gasteiger partial charge is 0.233 e. The third-order valence-electron chi connectivity index (χ3n) is 2.95. The first-order chi connectivity index (χ1) is 9.43. The zero-order chi connectivity index (χ0) is 15.1. The number of carbonyl (C=O) groups excluding carboxylic acids is 1. The quantitative estimate of drug-likeness (QED) is 0.806. The molecule has 1 rings (SSSR count). The second-order valence-corrected chi connectivity index (χ2v) is 5.19. The van der Waals surface area contributed by atoms with E-state index in [4.69, 9.17) is 4.74 Å². The van der Waals surface area contributed by atoms with Crippen molar-refractivity contribution in [1.29, 1.82) is 0 Å². The lowest BCUT2D eigenvalue weighted by atomic mass is 10.1. The lowest BCUT2D eigenvalue weighted by Gasteiger charge is -2.15. The van der Waals surface area contributed by atoms with Crippen molar-refractivity contribution in [1.82, 2.24) is 10.6 Å². The summed E-state index contributed by atoms with van der Waals surface area (Å²) in [5.41, 5.74) is 0.875. The molecule has 0 saturated carbocycles. The Balaban J connectivity index is 2.50. The Labute approximate surface area is 119 Å². The Kier molecular flexibility index (Phi) is 6.45. The largest absolute Gasteiger partial charge is 0.494 e. The van der Waals surface area contributed by atoms with E-state index >= 15 is 0 Å². The second-order valence-electron chi connectivity index (χ2n) is 5.19. The number of halogens is 1. The van der Waals surface area contributed by atoms with Gasteiger partial charge in [0.1, 0.15) is 0 Å². The first-order valence-electron chi connectivity index (χ1n) is 6.77. The average Bonchev–Trinajstić information content (AvgIpc) is 2.42. The summed E-state index contributed by atoms with van der Waals surface area (Å²) in [6.07, 6.45) is 0. The molecule has 0 fully saturated rings. The van der Waals surface area contributed by atoms with E-state index in [1.165, 1.54) is 13.2 Å². The maximum atomic E-state index is 13.3. The van der Waals surface area contributed by atoms with Crippen LogP contribution in [0.15, 0.2) is 18.2 Å². The van der Waals surface area contributed by atoms with Gasteiger partial charge in [0.05, 0.1) is 13.7 Å². The highest BCUT2D eigenvalue weighted by Crippen LogP contribution is 2.22. The minimum Gasteiger partial charge on any atom is -0.494 e. The molecule has 112 valence electrons.